The average Bonchev–Trinajstić information content (AvgIpc) is 2.93. The summed E-state index contributed by atoms with van der Waals surface area (Å²) >= 11 is 0. The van der Waals surface area contributed by atoms with Crippen molar-refractivity contribution in [2.75, 3.05) is 27.9 Å². The lowest BCUT2D eigenvalue weighted by Gasteiger charge is -2.44. The van der Waals surface area contributed by atoms with Crippen LogP contribution in [-0.2, 0) is 25.9 Å². The first-order valence-corrected chi connectivity index (χ1v) is 16.7. The third-order valence-electron chi connectivity index (χ3n) is 7.09. The van der Waals surface area contributed by atoms with Gasteiger partial charge in [0.1, 0.15) is 11.2 Å². The topological polar surface area (TPSA) is 151 Å². The maximum absolute atomic E-state index is 14.5. The SMILES string of the molecule is CC(C)(C)OC(=O)Nc1cccc(N2C(=O)N(C3CCN(C(=O)OC(C)(C)C)c4ccccc43)Cc3cnc(S(C)(=O)=O)nc32)c1. The summed E-state index contributed by atoms with van der Waals surface area (Å²) in [5.74, 6) is 0.116. The molecule has 46 heavy (non-hydrogen) atoms. The van der Waals surface area contributed by atoms with Crippen molar-refractivity contribution in [2.45, 2.75) is 76.9 Å². The maximum atomic E-state index is 14.5. The molecular formula is C32H38N6O7S. The molecule has 0 saturated heterocycles. The number of benzene rings is 2. The lowest BCUT2D eigenvalue weighted by Crippen LogP contribution is -2.50. The van der Waals surface area contributed by atoms with Crippen LogP contribution in [0, 0.1) is 0 Å². The van der Waals surface area contributed by atoms with Crippen molar-refractivity contribution in [3.05, 3.63) is 65.9 Å². The average molecular weight is 651 g/mol. The lowest BCUT2D eigenvalue weighted by atomic mass is 9.94. The van der Waals surface area contributed by atoms with E-state index in [-0.39, 0.29) is 12.4 Å². The van der Waals surface area contributed by atoms with Crippen molar-refractivity contribution >= 4 is 50.9 Å². The number of hydrogen-bond acceptors (Lipinski definition) is 9. The van der Waals surface area contributed by atoms with Gasteiger partial charge in [-0.15, -0.1) is 0 Å². The number of urea groups is 1. The zero-order chi connectivity index (χ0) is 33.6. The molecule has 2 aromatic carbocycles. The minimum atomic E-state index is -3.80. The van der Waals surface area contributed by atoms with Crippen LogP contribution in [0.2, 0.25) is 0 Å². The molecule has 0 spiro atoms. The molecule has 0 saturated carbocycles. The van der Waals surface area contributed by atoms with Crippen molar-refractivity contribution in [1.82, 2.24) is 14.9 Å². The summed E-state index contributed by atoms with van der Waals surface area (Å²) in [5, 5.41) is 2.26. The first-order valence-electron chi connectivity index (χ1n) is 14.8. The summed E-state index contributed by atoms with van der Waals surface area (Å²) in [6.45, 7) is 11.0. The van der Waals surface area contributed by atoms with Crippen molar-refractivity contribution in [3.63, 3.8) is 0 Å². The van der Waals surface area contributed by atoms with Crippen molar-refractivity contribution < 1.29 is 32.3 Å². The highest BCUT2D eigenvalue weighted by Crippen LogP contribution is 2.43. The molecule has 0 bridgehead atoms. The Bertz CT molecular complexity index is 1800. The number of nitrogens with zero attached hydrogens (tertiary/aromatic N) is 5. The third-order valence-corrected chi connectivity index (χ3v) is 7.95. The number of anilines is 4. The standard InChI is InChI=1S/C32H38N6O7S/c1-31(2,3)44-28(39)34-21-11-10-12-22(17-21)38-26-20(18-33-27(35-26)46(7,42)43)19-37(29(38)40)25-15-16-36(30(41)45-32(4,5)6)24-14-9-8-13-23(24)25/h8-14,17-18,25H,15-16,19H2,1-7H3,(H,34,39). The molecule has 5 rings (SSSR count). The zero-order valence-corrected chi connectivity index (χ0v) is 27.7. The normalized spacial score (nSPS) is 16.8. The van der Waals surface area contributed by atoms with Gasteiger partial charge in [0.25, 0.3) is 0 Å². The fraction of sp³-hybridized carbons (Fsp3) is 0.406. The van der Waals surface area contributed by atoms with Crippen LogP contribution in [0.4, 0.5) is 37.3 Å². The monoisotopic (exact) mass is 650 g/mol. The van der Waals surface area contributed by atoms with E-state index in [2.05, 4.69) is 15.3 Å². The Morgan fingerprint density at radius 2 is 1.67 bits per heavy atom. The van der Waals surface area contributed by atoms with Gasteiger partial charge in [-0.25, -0.2) is 32.7 Å². The van der Waals surface area contributed by atoms with Crippen LogP contribution in [-0.4, -0.2) is 65.5 Å². The van der Waals surface area contributed by atoms with Crippen LogP contribution < -0.4 is 15.1 Å². The number of para-hydroxylation sites is 1. The Labute approximate surface area is 268 Å². The number of nitrogens with one attached hydrogen (secondary N) is 1. The van der Waals surface area contributed by atoms with Gasteiger partial charge in [-0.1, -0.05) is 24.3 Å². The highest BCUT2D eigenvalue weighted by atomic mass is 32.2. The van der Waals surface area contributed by atoms with Crippen LogP contribution in [0.25, 0.3) is 0 Å². The van der Waals surface area contributed by atoms with E-state index in [1.165, 1.54) is 11.1 Å². The van der Waals surface area contributed by atoms with E-state index in [0.717, 1.165) is 11.8 Å². The van der Waals surface area contributed by atoms with Crippen LogP contribution >= 0.6 is 0 Å². The summed E-state index contributed by atoms with van der Waals surface area (Å²) in [5.41, 5.74) is 1.18. The number of amides is 4. The van der Waals surface area contributed by atoms with Gasteiger partial charge < -0.3 is 14.4 Å². The van der Waals surface area contributed by atoms with Crippen molar-refractivity contribution in [2.24, 2.45) is 0 Å². The lowest BCUT2D eigenvalue weighted by molar-refractivity contribution is 0.0570. The van der Waals surface area contributed by atoms with Gasteiger partial charge in [-0.05, 0) is 77.8 Å². The summed E-state index contributed by atoms with van der Waals surface area (Å²) < 4.78 is 35.9. The fourth-order valence-electron chi connectivity index (χ4n) is 5.33. The molecule has 3 heterocycles. The molecule has 4 amide bonds. The van der Waals surface area contributed by atoms with Crippen LogP contribution in [0.1, 0.15) is 65.1 Å². The molecule has 2 aliphatic rings. The van der Waals surface area contributed by atoms with Gasteiger partial charge in [0.05, 0.1) is 24.0 Å². The van der Waals surface area contributed by atoms with Crippen molar-refractivity contribution in [1.29, 1.82) is 0 Å². The van der Waals surface area contributed by atoms with E-state index in [9.17, 15) is 22.8 Å². The number of fused-ring (bicyclic) bond motifs is 2. The number of ether oxygens (including phenoxy) is 2. The molecule has 0 aliphatic carbocycles. The van der Waals surface area contributed by atoms with Crippen molar-refractivity contribution in [3.8, 4) is 0 Å². The second-order valence-corrected chi connectivity index (χ2v) is 15.1. The largest absolute Gasteiger partial charge is 0.444 e. The second kappa shape index (κ2) is 11.9. The molecule has 0 fully saturated rings. The second-order valence-electron chi connectivity index (χ2n) is 13.2. The number of hydrogen-bond donors (Lipinski definition) is 1. The Balaban J connectivity index is 1.56. The zero-order valence-electron chi connectivity index (χ0n) is 26.9. The summed E-state index contributed by atoms with van der Waals surface area (Å²) in [4.78, 5) is 53.1. The molecule has 1 N–H and O–H groups in total. The number of sulfone groups is 1. The van der Waals surface area contributed by atoms with Gasteiger partial charge in [0.2, 0.25) is 15.0 Å². The predicted octanol–water partition coefficient (Wildman–Crippen LogP) is 6.19. The molecule has 244 valence electrons. The van der Waals surface area contributed by atoms with E-state index < -0.39 is 50.5 Å². The Morgan fingerprint density at radius 1 is 0.978 bits per heavy atom. The van der Waals surface area contributed by atoms with E-state index in [1.54, 1.807) is 75.6 Å². The highest BCUT2D eigenvalue weighted by molar-refractivity contribution is 7.90. The first-order chi connectivity index (χ1) is 21.4. The highest BCUT2D eigenvalue weighted by Gasteiger charge is 2.41. The molecule has 1 unspecified atom stereocenters. The predicted molar refractivity (Wildman–Crippen MR) is 172 cm³/mol. The molecule has 1 aromatic heterocycles. The van der Waals surface area contributed by atoms with Crippen LogP contribution in [0.3, 0.4) is 0 Å². The van der Waals surface area contributed by atoms with Crippen LogP contribution in [0.15, 0.2) is 59.9 Å². The first kappa shape index (κ1) is 32.7. The molecule has 3 aromatic rings. The summed E-state index contributed by atoms with van der Waals surface area (Å²) in [6, 6.07) is 13.0. The van der Waals surface area contributed by atoms with Gasteiger partial charge >= 0.3 is 18.2 Å². The molecule has 1 atom stereocenters. The fourth-order valence-corrected chi connectivity index (χ4v) is 5.83. The minimum Gasteiger partial charge on any atom is -0.444 e. The quantitative estimate of drug-likeness (QED) is 0.326. The van der Waals surface area contributed by atoms with Gasteiger partial charge in [0, 0.05) is 30.2 Å². The Kier molecular flexibility index (Phi) is 8.45. The van der Waals surface area contributed by atoms with E-state index in [1.807, 2.05) is 24.3 Å². The third kappa shape index (κ3) is 7.06. The van der Waals surface area contributed by atoms with E-state index in [0.29, 0.717) is 35.6 Å². The smallest absolute Gasteiger partial charge is 0.414 e. The molecule has 2 aliphatic heterocycles. The number of carbonyl (C=O) groups excluding carboxylic acids is 3. The minimum absolute atomic E-state index is 0.0933. The van der Waals surface area contributed by atoms with Gasteiger partial charge in [-0.3, -0.25) is 10.2 Å². The summed E-state index contributed by atoms with van der Waals surface area (Å²) in [7, 11) is -3.80. The van der Waals surface area contributed by atoms with E-state index >= 15 is 0 Å². The molecule has 13 nitrogen and oxygen atoms in total. The molecule has 0 radical (unpaired) electrons. The number of aromatic nitrogens is 2. The maximum Gasteiger partial charge on any atom is 0.414 e. The van der Waals surface area contributed by atoms with Gasteiger partial charge in [-0.2, -0.15) is 4.98 Å². The van der Waals surface area contributed by atoms with Gasteiger partial charge in [0.15, 0.2) is 5.82 Å². The summed E-state index contributed by atoms with van der Waals surface area (Å²) in [6.07, 6.45) is 1.66. The van der Waals surface area contributed by atoms with E-state index in [4.69, 9.17) is 9.47 Å². The number of rotatable bonds is 4. The molecule has 14 heteroatoms. The Hall–Kier alpha value is -4.72. The molecular weight excluding hydrogens is 612 g/mol. The Morgan fingerprint density at radius 3 is 2.35 bits per heavy atom. The van der Waals surface area contributed by atoms with Crippen LogP contribution in [0.5, 0.6) is 0 Å². The number of carbonyl (C=O) groups is 3.